The fraction of sp³-hybridized carbons (Fsp3) is 0.684. The van der Waals surface area contributed by atoms with Crippen molar-refractivity contribution in [1.82, 2.24) is 0 Å². The van der Waals surface area contributed by atoms with Crippen LogP contribution in [0.5, 0.6) is 0 Å². The van der Waals surface area contributed by atoms with E-state index >= 15 is 0 Å². The largest absolute Gasteiger partial charge is 0.681 e. The topological polar surface area (TPSA) is 36.9 Å². The molecule has 0 unspecified atom stereocenters. The predicted molar refractivity (Wildman–Crippen MR) is 99.5 cm³/mol. The first-order valence-electron chi connectivity index (χ1n) is 8.48. The molecule has 0 heterocycles. The van der Waals surface area contributed by atoms with Crippen LogP contribution in [0.25, 0.3) is 0 Å². The zero-order chi connectivity index (χ0) is 18.6. The quantitative estimate of drug-likeness (QED) is 0.667. The highest BCUT2D eigenvalue weighted by Gasteiger charge is 2.54. The molecule has 4 nitrogen and oxygen atoms in total. The van der Waals surface area contributed by atoms with Crippen molar-refractivity contribution in [1.29, 1.82) is 0 Å². The van der Waals surface area contributed by atoms with Gasteiger partial charge in [-0.1, -0.05) is 30.3 Å². The molecule has 0 aliphatic carbocycles. The van der Waals surface area contributed by atoms with Crippen LogP contribution in [0.3, 0.4) is 0 Å². The Kier molecular flexibility index (Phi) is 6.81. The van der Waals surface area contributed by atoms with Crippen LogP contribution in [0.1, 0.15) is 67.9 Å². The Hall–Kier alpha value is -0.723. The summed E-state index contributed by atoms with van der Waals surface area (Å²) in [6.07, 6.45) is 0. The molecule has 1 rings (SSSR count). The van der Waals surface area contributed by atoms with Gasteiger partial charge in [-0.05, 0) is 67.9 Å². The molecule has 1 aromatic carbocycles. The molecule has 5 heteroatoms. The Bertz CT molecular complexity index is 454. The molecule has 0 spiro atoms. The van der Waals surface area contributed by atoms with Gasteiger partial charge in [0, 0.05) is 0 Å². The van der Waals surface area contributed by atoms with Crippen LogP contribution in [0.15, 0.2) is 30.3 Å². The van der Waals surface area contributed by atoms with Crippen LogP contribution >= 0.6 is 0 Å². The molecule has 0 aromatic heterocycles. The van der Waals surface area contributed by atoms with Gasteiger partial charge in [0.15, 0.2) is 0 Å². The van der Waals surface area contributed by atoms with E-state index in [0.29, 0.717) is 6.61 Å². The van der Waals surface area contributed by atoms with Crippen LogP contribution in [0.2, 0.25) is 0 Å². The molecule has 0 radical (unpaired) electrons. The van der Waals surface area contributed by atoms with Gasteiger partial charge in [0.25, 0.3) is 0 Å². The summed E-state index contributed by atoms with van der Waals surface area (Å²) in [5.41, 5.74) is -0.278. The van der Waals surface area contributed by atoms with Crippen molar-refractivity contribution in [2.24, 2.45) is 0 Å². The third-order valence-corrected chi connectivity index (χ3v) is 5.64. The summed E-state index contributed by atoms with van der Waals surface area (Å²) in [5.74, 6) is 0. The first-order valence-corrected chi connectivity index (χ1v) is 10.1. The summed E-state index contributed by atoms with van der Waals surface area (Å²) in [6, 6.07) is 10.00. The maximum absolute atomic E-state index is 6.27. The molecule has 1 aromatic rings. The monoisotopic (exact) mass is 354 g/mol. The highest BCUT2D eigenvalue weighted by Crippen LogP contribution is 2.30. The number of hydrogen-bond donors (Lipinski definition) is 0. The smallest absolute Gasteiger partial charge is 0.347 e. The van der Waals surface area contributed by atoms with Crippen molar-refractivity contribution in [3.05, 3.63) is 35.9 Å². The summed E-state index contributed by atoms with van der Waals surface area (Å²) in [6.45, 7) is 18.2. The van der Waals surface area contributed by atoms with Gasteiger partial charge >= 0.3 is 9.05 Å². The van der Waals surface area contributed by atoms with Crippen molar-refractivity contribution >= 4 is 9.05 Å². The van der Waals surface area contributed by atoms with Gasteiger partial charge < -0.3 is 17.7 Å². The van der Waals surface area contributed by atoms with Gasteiger partial charge in [0.1, 0.15) is 0 Å². The molecule has 138 valence electrons. The maximum atomic E-state index is 6.27. The van der Waals surface area contributed by atoms with Gasteiger partial charge in [-0.3, -0.25) is 0 Å². The van der Waals surface area contributed by atoms with Crippen LogP contribution < -0.4 is 0 Å². The van der Waals surface area contributed by atoms with Gasteiger partial charge in [-0.25, -0.2) is 0 Å². The summed E-state index contributed by atoms with van der Waals surface area (Å²) in [7, 11) is -3.38. The van der Waals surface area contributed by atoms with E-state index in [1.54, 1.807) is 0 Å². The zero-order valence-corrected chi connectivity index (χ0v) is 17.7. The molecule has 0 aliphatic heterocycles. The van der Waals surface area contributed by atoms with E-state index in [2.05, 4.69) is 0 Å². The lowest BCUT2D eigenvalue weighted by molar-refractivity contribution is -0.136. The molecule has 0 saturated heterocycles. The van der Waals surface area contributed by atoms with E-state index in [0.717, 1.165) is 5.56 Å². The molecule has 0 fully saturated rings. The zero-order valence-electron chi connectivity index (χ0n) is 16.7. The lowest BCUT2D eigenvalue weighted by Gasteiger charge is -2.41. The van der Waals surface area contributed by atoms with Crippen LogP contribution in [-0.4, -0.2) is 25.9 Å². The lowest BCUT2D eigenvalue weighted by Crippen LogP contribution is -2.59. The number of hydrogen-bond acceptors (Lipinski definition) is 4. The minimum absolute atomic E-state index is 0.384. The summed E-state index contributed by atoms with van der Waals surface area (Å²) in [5, 5.41) is 0. The van der Waals surface area contributed by atoms with Crippen molar-refractivity contribution in [3.63, 3.8) is 0 Å². The summed E-state index contributed by atoms with van der Waals surface area (Å²) in [4.78, 5) is 0. The molecule has 0 bridgehead atoms. The Morgan fingerprint density at radius 1 is 0.667 bits per heavy atom. The van der Waals surface area contributed by atoms with E-state index in [-0.39, 0.29) is 0 Å². The second kappa shape index (κ2) is 7.66. The van der Waals surface area contributed by atoms with Gasteiger partial charge in [-0.15, -0.1) is 0 Å². The molecule has 0 saturated carbocycles. The first-order chi connectivity index (χ1) is 10.7. The number of benzene rings is 1. The van der Waals surface area contributed by atoms with E-state index in [9.17, 15) is 0 Å². The average Bonchev–Trinajstić information content (AvgIpc) is 2.31. The maximum Gasteiger partial charge on any atom is 0.681 e. The van der Waals surface area contributed by atoms with Crippen LogP contribution in [0.4, 0.5) is 0 Å². The van der Waals surface area contributed by atoms with Crippen LogP contribution in [0, 0.1) is 0 Å². The molecule has 0 atom stereocenters. The predicted octanol–water partition coefficient (Wildman–Crippen LogP) is 5.08. The van der Waals surface area contributed by atoms with Crippen molar-refractivity contribution in [3.8, 4) is 0 Å². The summed E-state index contributed by atoms with van der Waals surface area (Å²) >= 11 is 0. The standard InChI is InChI=1S/C19H34O4Si/c1-17(2,3)21-24(22-18(4,5)6,23-19(7,8)9)20-15-16-13-11-10-12-14-16/h10-14H,15H2,1-9H3. The normalized spacial score (nSPS) is 14.0. The van der Waals surface area contributed by atoms with Crippen molar-refractivity contribution in [2.75, 3.05) is 0 Å². The second-order valence-electron chi connectivity index (χ2n) is 8.92. The molecular weight excluding hydrogens is 320 g/mol. The third-order valence-electron chi connectivity index (χ3n) is 2.55. The fourth-order valence-corrected chi connectivity index (χ4v) is 4.92. The minimum Gasteiger partial charge on any atom is -0.347 e. The molecule has 0 amide bonds. The second-order valence-corrected chi connectivity index (χ2v) is 10.8. The SMILES string of the molecule is CC(C)(C)O[Si](OCc1ccccc1)(OC(C)(C)C)OC(C)(C)C. The molecule has 24 heavy (non-hydrogen) atoms. The Balaban J connectivity index is 3.12. The van der Waals surface area contributed by atoms with E-state index < -0.39 is 25.9 Å². The minimum atomic E-state index is -3.38. The Morgan fingerprint density at radius 3 is 1.38 bits per heavy atom. The van der Waals surface area contributed by atoms with E-state index in [4.69, 9.17) is 17.7 Å². The molecule has 0 N–H and O–H groups in total. The summed E-state index contributed by atoms with van der Waals surface area (Å²) < 4.78 is 25.0. The van der Waals surface area contributed by atoms with Crippen molar-refractivity contribution < 1.29 is 17.7 Å². The van der Waals surface area contributed by atoms with Crippen molar-refractivity contribution in [2.45, 2.75) is 85.7 Å². The molecular formula is C19H34O4Si. The number of rotatable bonds is 6. The van der Waals surface area contributed by atoms with Gasteiger partial charge in [0.2, 0.25) is 0 Å². The van der Waals surface area contributed by atoms with E-state index in [1.807, 2.05) is 92.6 Å². The Morgan fingerprint density at radius 2 is 1.04 bits per heavy atom. The van der Waals surface area contributed by atoms with Gasteiger partial charge in [0.05, 0.1) is 23.4 Å². The average molecular weight is 355 g/mol. The molecule has 0 aliphatic rings. The fourth-order valence-electron chi connectivity index (χ4n) is 2.02. The Labute approximate surface area is 149 Å². The third kappa shape index (κ3) is 8.94. The first kappa shape index (κ1) is 21.3. The van der Waals surface area contributed by atoms with Crippen LogP contribution in [-0.2, 0) is 24.3 Å². The van der Waals surface area contributed by atoms with E-state index in [1.165, 1.54) is 0 Å². The lowest BCUT2D eigenvalue weighted by atomic mass is 10.2. The van der Waals surface area contributed by atoms with Gasteiger partial charge in [-0.2, -0.15) is 0 Å². The highest BCUT2D eigenvalue weighted by molar-refractivity contribution is 6.53. The highest BCUT2D eigenvalue weighted by atomic mass is 28.4.